The summed E-state index contributed by atoms with van der Waals surface area (Å²) in [4.78, 5) is 34.4. The fraction of sp³-hybridized carbons (Fsp3) is 0.459. The van der Waals surface area contributed by atoms with E-state index in [9.17, 15) is 14.7 Å². The number of carbonyl (C=O) groups excluding carboxylic acids is 1. The van der Waals surface area contributed by atoms with Crippen molar-refractivity contribution in [2.75, 3.05) is 76.2 Å². The summed E-state index contributed by atoms with van der Waals surface area (Å²) in [5, 5.41) is 10.6. The van der Waals surface area contributed by atoms with Crippen LogP contribution in [0.5, 0.6) is 5.75 Å². The van der Waals surface area contributed by atoms with Crippen molar-refractivity contribution in [1.82, 2.24) is 9.80 Å². The first-order chi connectivity index (χ1) is 24.1. The van der Waals surface area contributed by atoms with Crippen LogP contribution in [0.25, 0.3) is 11.1 Å². The number of carboxylic acids is 1. The average Bonchev–Trinajstić information content (AvgIpc) is 3.63. The number of morpholine rings is 1. The number of nitrogens with zero attached hydrogens (tertiary/aromatic N) is 4. The van der Waals surface area contributed by atoms with Crippen molar-refractivity contribution in [3.63, 3.8) is 0 Å². The van der Waals surface area contributed by atoms with E-state index in [2.05, 4.69) is 14.7 Å². The molecule has 10 nitrogen and oxygen atoms in total. The van der Waals surface area contributed by atoms with Gasteiger partial charge in [0.2, 0.25) is 0 Å². The van der Waals surface area contributed by atoms with Crippen molar-refractivity contribution in [3.8, 4) is 16.9 Å². The monoisotopic (exact) mass is 724 g/mol. The Morgan fingerprint density at radius 2 is 1.78 bits per heavy atom. The highest BCUT2D eigenvalue weighted by molar-refractivity contribution is 6.40. The van der Waals surface area contributed by atoms with Gasteiger partial charge in [0.05, 0.1) is 65.3 Å². The van der Waals surface area contributed by atoms with Gasteiger partial charge in [-0.1, -0.05) is 41.4 Å². The smallest absolute Gasteiger partial charge is 0.337 e. The van der Waals surface area contributed by atoms with E-state index >= 15 is 4.39 Å². The summed E-state index contributed by atoms with van der Waals surface area (Å²) in [6.45, 7) is 6.69. The Labute approximate surface area is 300 Å². The van der Waals surface area contributed by atoms with Gasteiger partial charge in [0.25, 0.3) is 5.91 Å². The van der Waals surface area contributed by atoms with Crippen molar-refractivity contribution < 1.29 is 33.3 Å². The van der Waals surface area contributed by atoms with Crippen molar-refractivity contribution in [3.05, 3.63) is 75.0 Å². The van der Waals surface area contributed by atoms with Gasteiger partial charge in [-0.2, -0.15) is 0 Å². The predicted octanol–water partition coefficient (Wildman–Crippen LogP) is 6.02. The fourth-order valence-electron chi connectivity index (χ4n) is 8.54. The second-order valence-corrected chi connectivity index (χ2v) is 15.0. The molecule has 1 amide bonds. The number of ether oxygens (including phenoxy) is 3. The molecule has 3 aromatic rings. The van der Waals surface area contributed by atoms with Gasteiger partial charge in [-0.25, -0.2) is 9.18 Å². The number of carboxylic acid groups (broad SMARTS) is 1. The van der Waals surface area contributed by atoms with E-state index in [-0.39, 0.29) is 63.4 Å². The number of likely N-dealkylation sites (tertiary alicyclic amines) is 1. The minimum absolute atomic E-state index is 0.0328. The second-order valence-electron chi connectivity index (χ2n) is 14.2. The molecule has 5 heterocycles. The van der Waals surface area contributed by atoms with Crippen LogP contribution in [-0.4, -0.2) is 105 Å². The Morgan fingerprint density at radius 3 is 2.48 bits per heavy atom. The zero-order chi connectivity index (χ0) is 34.7. The molecule has 2 atom stereocenters. The summed E-state index contributed by atoms with van der Waals surface area (Å²) >= 11 is 13.5. The molecule has 2 bridgehead atoms. The molecule has 4 fully saturated rings. The first kappa shape index (κ1) is 33.5. The van der Waals surface area contributed by atoms with Gasteiger partial charge >= 0.3 is 5.97 Å². The van der Waals surface area contributed by atoms with Crippen LogP contribution in [0.1, 0.15) is 45.5 Å². The number of benzene rings is 3. The van der Waals surface area contributed by atoms with Gasteiger partial charge in [-0.05, 0) is 50.1 Å². The Kier molecular flexibility index (Phi) is 8.84. The van der Waals surface area contributed by atoms with Crippen LogP contribution >= 0.6 is 23.2 Å². The van der Waals surface area contributed by atoms with Crippen LogP contribution in [0.3, 0.4) is 0 Å². The van der Waals surface area contributed by atoms with E-state index in [1.807, 2.05) is 18.2 Å². The van der Waals surface area contributed by atoms with Crippen LogP contribution in [0.4, 0.5) is 15.8 Å². The zero-order valence-electron chi connectivity index (χ0n) is 27.8. The van der Waals surface area contributed by atoms with Crippen LogP contribution in [-0.2, 0) is 16.0 Å². The lowest BCUT2D eigenvalue weighted by Crippen LogP contribution is -2.57. The minimum atomic E-state index is -1.19. The van der Waals surface area contributed by atoms with E-state index in [0.717, 1.165) is 70.3 Å². The number of fused-ring (bicyclic) bond motifs is 3. The standard InChI is InChI=1S/C37H39Cl2FN4O6/c1-48-10-9-41-8-7-37(18-41)19-43(20-37)25-11-29(38)33(30(39)12-25)35(45)42-15-22-3-2-4-26(34(22)50-21-42)27-14-32(28(36(46)47)13-31(27)40)44-23-5-6-24(44)17-49-16-23/h2-4,11-14,23-24H,5-10,15-21H2,1H3,(H,46,47). The normalized spacial score (nSPS) is 22.4. The van der Waals surface area contributed by atoms with Crippen LogP contribution < -0.4 is 14.5 Å². The third-order valence-corrected chi connectivity index (χ3v) is 11.6. The Morgan fingerprint density at radius 1 is 1.04 bits per heavy atom. The van der Waals surface area contributed by atoms with Crippen molar-refractivity contribution in [2.45, 2.75) is 37.9 Å². The molecule has 13 heteroatoms. The number of amides is 1. The highest BCUT2D eigenvalue weighted by Gasteiger charge is 2.48. The Hall–Kier alpha value is -3.61. The number of anilines is 2. The topological polar surface area (TPSA) is 95.0 Å². The number of rotatable bonds is 8. The van der Waals surface area contributed by atoms with Crippen molar-refractivity contribution in [1.29, 1.82) is 0 Å². The summed E-state index contributed by atoms with van der Waals surface area (Å²) in [7, 11) is 1.73. The molecule has 4 saturated heterocycles. The highest BCUT2D eigenvalue weighted by Crippen LogP contribution is 2.45. The van der Waals surface area contributed by atoms with Crippen LogP contribution in [0.15, 0.2) is 42.5 Å². The average molecular weight is 726 g/mol. The van der Waals surface area contributed by atoms with E-state index < -0.39 is 11.8 Å². The van der Waals surface area contributed by atoms with E-state index in [0.29, 0.717) is 35.8 Å². The maximum Gasteiger partial charge on any atom is 0.337 e. The zero-order valence-corrected chi connectivity index (χ0v) is 29.3. The van der Waals surface area contributed by atoms with E-state index in [1.54, 1.807) is 25.3 Å². The van der Waals surface area contributed by atoms with Gasteiger partial charge < -0.3 is 38.9 Å². The number of methoxy groups -OCH3 is 1. The quantitative estimate of drug-likeness (QED) is 0.300. The van der Waals surface area contributed by atoms with E-state index in [1.165, 1.54) is 4.90 Å². The first-order valence-corrected chi connectivity index (χ1v) is 17.8. The summed E-state index contributed by atoms with van der Waals surface area (Å²) in [6, 6.07) is 11.8. The van der Waals surface area contributed by atoms with Gasteiger partial charge in [0.1, 0.15) is 11.6 Å². The maximum atomic E-state index is 15.7. The Balaban J connectivity index is 1.01. The molecule has 2 unspecified atom stereocenters. The third-order valence-electron chi connectivity index (χ3n) is 11.0. The number of hydrogen-bond acceptors (Lipinski definition) is 8. The van der Waals surface area contributed by atoms with Gasteiger partial charge in [0.15, 0.2) is 6.73 Å². The lowest BCUT2D eigenvalue weighted by atomic mass is 9.78. The number of aromatic carboxylic acids is 1. The molecule has 3 aromatic carbocycles. The number of halogens is 3. The molecule has 5 aliphatic heterocycles. The molecule has 5 aliphatic rings. The summed E-state index contributed by atoms with van der Waals surface area (Å²) < 4.78 is 32.9. The minimum Gasteiger partial charge on any atom is -0.478 e. The fourth-order valence-corrected chi connectivity index (χ4v) is 9.18. The SMILES string of the molecule is COCCN1CCC2(C1)CN(c1cc(Cl)c(C(=O)N3COc4c(cccc4-c4cc(N5C6CCC5COC6)c(C(=O)O)cc4F)C3)c(Cl)c1)C2. The van der Waals surface area contributed by atoms with Crippen molar-refractivity contribution >= 4 is 46.5 Å². The molecule has 264 valence electrons. The molecule has 50 heavy (non-hydrogen) atoms. The molecule has 1 spiro atoms. The molecule has 0 aliphatic carbocycles. The first-order valence-electron chi connectivity index (χ1n) is 17.1. The summed E-state index contributed by atoms with van der Waals surface area (Å²) in [5.41, 5.74) is 3.16. The van der Waals surface area contributed by atoms with Gasteiger partial charge in [-0.15, -0.1) is 0 Å². The molecule has 1 N–H and O–H groups in total. The van der Waals surface area contributed by atoms with Gasteiger partial charge in [-0.3, -0.25) is 4.79 Å². The lowest BCUT2D eigenvalue weighted by molar-refractivity contribution is 0.0516. The second kappa shape index (κ2) is 13.2. The predicted molar refractivity (Wildman–Crippen MR) is 188 cm³/mol. The molecular weight excluding hydrogens is 686 g/mol. The number of para-hydroxylation sites is 1. The maximum absolute atomic E-state index is 15.7. The summed E-state index contributed by atoms with van der Waals surface area (Å²) in [6.07, 6.45) is 2.91. The molecular formula is C37H39Cl2FN4O6. The van der Waals surface area contributed by atoms with Crippen molar-refractivity contribution in [2.24, 2.45) is 5.41 Å². The van der Waals surface area contributed by atoms with E-state index in [4.69, 9.17) is 37.4 Å². The number of hydrogen-bond donors (Lipinski definition) is 1. The molecule has 0 aromatic heterocycles. The van der Waals surface area contributed by atoms with Crippen LogP contribution in [0.2, 0.25) is 10.0 Å². The molecule has 8 rings (SSSR count). The summed E-state index contributed by atoms with van der Waals surface area (Å²) in [5.74, 6) is -1.77. The largest absolute Gasteiger partial charge is 0.478 e. The van der Waals surface area contributed by atoms with Crippen LogP contribution in [0, 0.1) is 11.2 Å². The number of carbonyl (C=O) groups is 2. The highest BCUT2D eigenvalue weighted by atomic mass is 35.5. The van der Waals surface area contributed by atoms with Gasteiger partial charge in [0, 0.05) is 61.1 Å². The molecule has 0 saturated carbocycles. The third kappa shape index (κ3) is 5.86. The lowest BCUT2D eigenvalue weighted by Gasteiger charge is -2.49. The Bertz CT molecular complexity index is 1820. The molecule has 0 radical (unpaired) electrons.